The molecule has 0 aliphatic carbocycles. The van der Waals surface area contributed by atoms with Gasteiger partial charge in [-0.05, 0) is 23.2 Å². The number of nitrogens with zero attached hydrogens (tertiary/aromatic N) is 3. The Morgan fingerprint density at radius 1 is 1.43 bits per heavy atom. The average molecular weight is 353 g/mol. The Morgan fingerprint density at radius 3 is 2.91 bits per heavy atom. The van der Waals surface area contributed by atoms with Crippen molar-refractivity contribution in [3.05, 3.63) is 45.6 Å². The fraction of sp³-hybridized carbons (Fsp3) is 0.0769. The maximum Gasteiger partial charge on any atom is 0.319 e. The second-order valence-corrected chi connectivity index (χ2v) is 6.11. The van der Waals surface area contributed by atoms with Crippen molar-refractivity contribution >= 4 is 28.8 Å². The summed E-state index contributed by atoms with van der Waals surface area (Å²) >= 11 is 2.23. The molecule has 0 atom stereocenters. The van der Waals surface area contributed by atoms with E-state index in [1.807, 2.05) is 11.4 Å². The molecule has 2 aromatic heterocycles. The first-order chi connectivity index (χ1) is 11.1. The van der Waals surface area contributed by atoms with E-state index in [0.717, 1.165) is 22.7 Å². The summed E-state index contributed by atoms with van der Waals surface area (Å²) in [6.07, 6.45) is 0. The van der Waals surface area contributed by atoms with Crippen molar-refractivity contribution in [1.82, 2.24) is 10.2 Å². The molecule has 0 bridgehead atoms. The monoisotopic (exact) mass is 353 g/mol. The maximum absolute atomic E-state index is 13.9. The molecule has 0 aliphatic heterocycles. The number of aromatic nitrogens is 2. The minimum Gasteiger partial charge on any atom is -0.497 e. The molecule has 0 radical (unpaired) electrons. The van der Waals surface area contributed by atoms with E-state index in [-0.39, 0.29) is 15.9 Å². The third-order valence-electron chi connectivity index (χ3n) is 2.76. The van der Waals surface area contributed by atoms with Crippen LogP contribution in [0.2, 0.25) is 0 Å². The van der Waals surface area contributed by atoms with Gasteiger partial charge in [-0.3, -0.25) is 10.1 Å². The lowest BCUT2D eigenvalue weighted by molar-refractivity contribution is -0.390. The SMILES string of the molecule is COc1cc(F)c([N+](=O)[O-])c(Sc2nnc(-c3cccs3)o2)c1. The van der Waals surface area contributed by atoms with Gasteiger partial charge in [-0.2, -0.15) is 4.39 Å². The average Bonchev–Trinajstić information content (AvgIpc) is 3.16. The molecule has 0 amide bonds. The number of rotatable bonds is 5. The predicted molar refractivity (Wildman–Crippen MR) is 81.3 cm³/mol. The number of thiophene rings is 1. The lowest BCUT2D eigenvalue weighted by atomic mass is 10.3. The first-order valence-electron chi connectivity index (χ1n) is 6.15. The summed E-state index contributed by atoms with van der Waals surface area (Å²) in [5, 5.41) is 20.7. The molecule has 7 nitrogen and oxygen atoms in total. The van der Waals surface area contributed by atoms with Crippen LogP contribution in [-0.4, -0.2) is 22.2 Å². The molecule has 10 heteroatoms. The standard InChI is InChI=1S/C13H8FN3O4S2/c1-20-7-5-8(14)11(17(18)19)10(6-7)23-13-16-15-12(21-13)9-3-2-4-22-9/h2-6H,1H3. The van der Waals surface area contributed by atoms with Crippen LogP contribution in [0, 0.1) is 15.9 Å². The Hall–Kier alpha value is -2.46. The summed E-state index contributed by atoms with van der Waals surface area (Å²) in [4.78, 5) is 11.1. The second kappa shape index (κ2) is 6.34. The van der Waals surface area contributed by atoms with Gasteiger partial charge in [-0.25, -0.2) is 0 Å². The maximum atomic E-state index is 13.9. The van der Waals surface area contributed by atoms with Crippen LogP contribution in [0.5, 0.6) is 5.75 Å². The van der Waals surface area contributed by atoms with E-state index in [4.69, 9.17) is 9.15 Å². The van der Waals surface area contributed by atoms with Crippen LogP contribution in [0.15, 0.2) is 44.2 Å². The number of hydrogen-bond acceptors (Lipinski definition) is 8. The number of ether oxygens (including phenoxy) is 1. The molecule has 3 rings (SSSR count). The van der Waals surface area contributed by atoms with Crippen LogP contribution < -0.4 is 4.74 Å². The molecular weight excluding hydrogens is 345 g/mol. The van der Waals surface area contributed by atoms with E-state index in [1.54, 1.807) is 6.07 Å². The summed E-state index contributed by atoms with van der Waals surface area (Å²) in [6.45, 7) is 0. The van der Waals surface area contributed by atoms with Crippen molar-refractivity contribution in [2.45, 2.75) is 10.1 Å². The van der Waals surface area contributed by atoms with Gasteiger partial charge in [0, 0.05) is 12.1 Å². The molecule has 0 spiro atoms. The van der Waals surface area contributed by atoms with Crippen LogP contribution in [0.3, 0.4) is 0 Å². The van der Waals surface area contributed by atoms with Crippen LogP contribution >= 0.6 is 23.1 Å². The zero-order valence-corrected chi connectivity index (χ0v) is 13.2. The number of methoxy groups -OCH3 is 1. The highest BCUT2D eigenvalue weighted by Gasteiger charge is 2.25. The molecule has 118 valence electrons. The van der Waals surface area contributed by atoms with Gasteiger partial charge in [0.15, 0.2) is 0 Å². The number of benzene rings is 1. The number of nitro benzene ring substituents is 1. The van der Waals surface area contributed by atoms with Gasteiger partial charge in [0.25, 0.3) is 11.1 Å². The topological polar surface area (TPSA) is 91.3 Å². The fourth-order valence-electron chi connectivity index (χ4n) is 1.77. The smallest absolute Gasteiger partial charge is 0.319 e. The Kier molecular flexibility index (Phi) is 4.26. The van der Waals surface area contributed by atoms with Crippen molar-refractivity contribution in [3.8, 4) is 16.5 Å². The molecule has 2 heterocycles. The van der Waals surface area contributed by atoms with Crippen molar-refractivity contribution in [2.75, 3.05) is 7.11 Å². The number of nitro groups is 1. The Bertz CT molecular complexity index is 851. The molecule has 23 heavy (non-hydrogen) atoms. The summed E-state index contributed by atoms with van der Waals surface area (Å²) in [6, 6.07) is 5.94. The Labute approximate surface area is 137 Å². The molecule has 0 N–H and O–H groups in total. The Balaban J connectivity index is 1.96. The van der Waals surface area contributed by atoms with E-state index < -0.39 is 16.4 Å². The first-order valence-corrected chi connectivity index (χ1v) is 7.85. The molecule has 3 aromatic rings. The first kappa shape index (κ1) is 15.4. The zero-order chi connectivity index (χ0) is 16.4. The van der Waals surface area contributed by atoms with E-state index in [2.05, 4.69) is 10.2 Å². The van der Waals surface area contributed by atoms with Crippen molar-refractivity contribution in [3.63, 3.8) is 0 Å². The third kappa shape index (κ3) is 3.17. The molecule has 0 unspecified atom stereocenters. The largest absolute Gasteiger partial charge is 0.497 e. The van der Waals surface area contributed by atoms with E-state index in [1.165, 1.54) is 24.5 Å². The van der Waals surface area contributed by atoms with E-state index >= 15 is 0 Å². The number of halogens is 1. The van der Waals surface area contributed by atoms with Gasteiger partial charge in [0.05, 0.1) is 16.9 Å². The van der Waals surface area contributed by atoms with Gasteiger partial charge in [-0.15, -0.1) is 21.5 Å². The summed E-state index contributed by atoms with van der Waals surface area (Å²) in [7, 11) is 1.34. The molecule has 0 saturated carbocycles. The second-order valence-electron chi connectivity index (χ2n) is 4.17. The molecular formula is C13H8FN3O4S2. The number of hydrogen-bond donors (Lipinski definition) is 0. The molecule has 0 aliphatic rings. The van der Waals surface area contributed by atoms with Gasteiger partial charge in [0.2, 0.25) is 5.82 Å². The van der Waals surface area contributed by atoms with Crippen molar-refractivity contribution in [2.24, 2.45) is 0 Å². The van der Waals surface area contributed by atoms with Crippen LogP contribution in [0.1, 0.15) is 0 Å². The minimum atomic E-state index is -0.991. The minimum absolute atomic E-state index is 0.0215. The molecule has 0 fully saturated rings. The lowest BCUT2D eigenvalue weighted by Gasteiger charge is -2.04. The Morgan fingerprint density at radius 2 is 2.26 bits per heavy atom. The lowest BCUT2D eigenvalue weighted by Crippen LogP contribution is -1.96. The van der Waals surface area contributed by atoms with Gasteiger partial charge in [-0.1, -0.05) is 6.07 Å². The highest BCUT2D eigenvalue weighted by molar-refractivity contribution is 7.99. The quantitative estimate of drug-likeness (QED) is 0.505. The normalized spacial score (nSPS) is 10.7. The van der Waals surface area contributed by atoms with Crippen molar-refractivity contribution < 1.29 is 18.5 Å². The summed E-state index contributed by atoms with van der Waals surface area (Å²) in [5.74, 6) is -0.531. The van der Waals surface area contributed by atoms with E-state index in [9.17, 15) is 14.5 Å². The highest BCUT2D eigenvalue weighted by atomic mass is 32.2. The fourth-order valence-corrected chi connectivity index (χ4v) is 3.25. The van der Waals surface area contributed by atoms with Gasteiger partial charge >= 0.3 is 5.69 Å². The van der Waals surface area contributed by atoms with E-state index in [0.29, 0.717) is 5.89 Å². The van der Waals surface area contributed by atoms with Gasteiger partial charge in [0.1, 0.15) is 10.6 Å². The van der Waals surface area contributed by atoms with Crippen LogP contribution in [-0.2, 0) is 0 Å². The summed E-state index contributed by atoms with van der Waals surface area (Å²) in [5.41, 5.74) is -0.660. The van der Waals surface area contributed by atoms with Crippen LogP contribution in [0.25, 0.3) is 10.8 Å². The molecule has 0 saturated heterocycles. The van der Waals surface area contributed by atoms with Crippen LogP contribution in [0.4, 0.5) is 10.1 Å². The third-order valence-corrected chi connectivity index (χ3v) is 4.48. The zero-order valence-electron chi connectivity index (χ0n) is 11.6. The predicted octanol–water partition coefficient (Wildman–Crippen LogP) is 4.01. The summed E-state index contributed by atoms with van der Waals surface area (Å²) < 4.78 is 24.3. The van der Waals surface area contributed by atoms with Crippen molar-refractivity contribution in [1.29, 1.82) is 0 Å². The van der Waals surface area contributed by atoms with Gasteiger partial charge < -0.3 is 9.15 Å². The molecule has 1 aromatic carbocycles. The highest BCUT2D eigenvalue weighted by Crippen LogP contribution is 2.39.